The van der Waals surface area contributed by atoms with Crippen molar-refractivity contribution in [3.05, 3.63) is 64.9 Å². The number of benzene rings is 1. The van der Waals surface area contributed by atoms with Crippen LogP contribution in [0, 0.1) is 26.6 Å². The van der Waals surface area contributed by atoms with E-state index in [4.69, 9.17) is 0 Å². The summed E-state index contributed by atoms with van der Waals surface area (Å²) in [6.07, 6.45) is 2.35. The van der Waals surface area contributed by atoms with Gasteiger partial charge in [0.05, 0.1) is 16.9 Å². The van der Waals surface area contributed by atoms with Crippen molar-refractivity contribution in [3.8, 4) is 5.69 Å². The van der Waals surface area contributed by atoms with Crippen molar-refractivity contribution in [1.82, 2.24) is 14.3 Å². The second-order valence-electron chi connectivity index (χ2n) is 6.90. The van der Waals surface area contributed by atoms with Gasteiger partial charge in [-0.2, -0.15) is 5.10 Å². The summed E-state index contributed by atoms with van der Waals surface area (Å²) in [6.45, 7) is 5.88. The highest BCUT2D eigenvalue weighted by Gasteiger charge is 2.28. The fourth-order valence-electron chi connectivity index (χ4n) is 3.45. The van der Waals surface area contributed by atoms with Gasteiger partial charge in [-0.3, -0.25) is 4.79 Å². The Morgan fingerprint density at radius 1 is 1.15 bits per heavy atom. The summed E-state index contributed by atoms with van der Waals surface area (Å²) in [4.78, 5) is 12.9. The van der Waals surface area contributed by atoms with Crippen molar-refractivity contribution in [3.63, 3.8) is 0 Å². The number of nitrogens with one attached hydrogen (secondary N) is 1. The first-order chi connectivity index (χ1) is 12.4. The Labute approximate surface area is 151 Å². The minimum Gasteiger partial charge on any atom is -0.345 e. The molecule has 1 saturated carbocycles. The van der Waals surface area contributed by atoms with Crippen molar-refractivity contribution in [2.75, 3.05) is 5.32 Å². The van der Waals surface area contributed by atoms with Gasteiger partial charge in [0, 0.05) is 23.5 Å². The summed E-state index contributed by atoms with van der Waals surface area (Å²) >= 11 is 0. The SMILES string of the molecule is Cc1cc(NC(=O)c2cc(C)n(C3CC3)c2C)n(-c2ccc(F)cc2)n1. The van der Waals surface area contributed by atoms with Crippen LogP contribution in [0.15, 0.2) is 36.4 Å². The largest absolute Gasteiger partial charge is 0.345 e. The number of aromatic nitrogens is 3. The molecule has 26 heavy (non-hydrogen) atoms. The number of anilines is 1. The van der Waals surface area contributed by atoms with E-state index in [0.29, 0.717) is 23.1 Å². The molecule has 1 aliphatic carbocycles. The Kier molecular flexibility index (Phi) is 3.90. The van der Waals surface area contributed by atoms with Crippen LogP contribution in [0.4, 0.5) is 10.2 Å². The molecule has 0 bridgehead atoms. The monoisotopic (exact) mass is 352 g/mol. The van der Waals surface area contributed by atoms with Crippen molar-refractivity contribution >= 4 is 11.7 Å². The Balaban J connectivity index is 1.65. The van der Waals surface area contributed by atoms with Gasteiger partial charge in [-0.05, 0) is 63.9 Å². The minimum atomic E-state index is -0.310. The molecular weight excluding hydrogens is 331 g/mol. The van der Waals surface area contributed by atoms with E-state index in [-0.39, 0.29) is 11.7 Å². The maximum absolute atomic E-state index is 13.2. The predicted molar refractivity (Wildman–Crippen MR) is 98.4 cm³/mol. The zero-order chi connectivity index (χ0) is 18.4. The quantitative estimate of drug-likeness (QED) is 0.760. The lowest BCUT2D eigenvalue weighted by Crippen LogP contribution is -2.16. The van der Waals surface area contributed by atoms with Gasteiger partial charge in [0.25, 0.3) is 5.91 Å². The lowest BCUT2D eigenvalue weighted by Gasteiger charge is -2.10. The number of aryl methyl sites for hydroxylation is 2. The van der Waals surface area contributed by atoms with Crippen molar-refractivity contribution in [1.29, 1.82) is 0 Å². The van der Waals surface area contributed by atoms with E-state index in [1.165, 1.54) is 25.0 Å². The molecule has 1 aliphatic rings. The van der Waals surface area contributed by atoms with Crippen LogP contribution in [0.5, 0.6) is 0 Å². The first-order valence-electron chi connectivity index (χ1n) is 8.76. The summed E-state index contributed by atoms with van der Waals surface area (Å²) in [5, 5.41) is 7.37. The van der Waals surface area contributed by atoms with Crippen LogP contribution >= 0.6 is 0 Å². The van der Waals surface area contributed by atoms with E-state index in [1.54, 1.807) is 22.9 Å². The molecular formula is C20H21FN4O. The Morgan fingerprint density at radius 3 is 2.50 bits per heavy atom. The molecule has 0 unspecified atom stereocenters. The fourth-order valence-corrected chi connectivity index (χ4v) is 3.45. The molecule has 3 aromatic rings. The van der Waals surface area contributed by atoms with Gasteiger partial charge >= 0.3 is 0 Å². The van der Waals surface area contributed by atoms with Crippen molar-refractivity contribution in [2.45, 2.75) is 39.7 Å². The molecule has 1 amide bonds. The van der Waals surface area contributed by atoms with Crippen LogP contribution in [0.2, 0.25) is 0 Å². The molecule has 0 atom stereocenters. The van der Waals surface area contributed by atoms with E-state index in [0.717, 1.165) is 17.1 Å². The van der Waals surface area contributed by atoms with Crippen LogP contribution in [0.25, 0.3) is 5.69 Å². The van der Waals surface area contributed by atoms with Gasteiger partial charge in [-0.25, -0.2) is 9.07 Å². The summed E-state index contributed by atoms with van der Waals surface area (Å²) in [7, 11) is 0. The number of carbonyl (C=O) groups is 1. The van der Waals surface area contributed by atoms with Gasteiger partial charge in [-0.1, -0.05) is 0 Å². The maximum atomic E-state index is 13.2. The van der Waals surface area contributed by atoms with E-state index >= 15 is 0 Å². The molecule has 6 heteroatoms. The molecule has 1 aromatic carbocycles. The van der Waals surface area contributed by atoms with Gasteiger partial charge in [-0.15, -0.1) is 0 Å². The molecule has 134 valence electrons. The number of amides is 1. The molecule has 2 heterocycles. The number of rotatable bonds is 4. The molecule has 4 rings (SSSR count). The molecule has 0 radical (unpaired) electrons. The van der Waals surface area contributed by atoms with Crippen LogP contribution in [-0.2, 0) is 0 Å². The fraction of sp³-hybridized carbons (Fsp3) is 0.300. The van der Waals surface area contributed by atoms with Crippen LogP contribution in [0.1, 0.15) is 46.3 Å². The second-order valence-corrected chi connectivity index (χ2v) is 6.90. The van der Waals surface area contributed by atoms with Crippen molar-refractivity contribution < 1.29 is 9.18 Å². The highest BCUT2D eigenvalue weighted by Crippen LogP contribution is 2.38. The smallest absolute Gasteiger partial charge is 0.258 e. The molecule has 0 aliphatic heterocycles. The minimum absolute atomic E-state index is 0.159. The zero-order valence-corrected chi connectivity index (χ0v) is 15.1. The normalized spacial score (nSPS) is 13.8. The predicted octanol–water partition coefficient (Wildman–Crippen LogP) is 4.33. The topological polar surface area (TPSA) is 51.9 Å². The second kappa shape index (κ2) is 6.12. The zero-order valence-electron chi connectivity index (χ0n) is 15.1. The first-order valence-corrected chi connectivity index (χ1v) is 8.76. The average Bonchev–Trinajstić information content (AvgIpc) is 3.29. The number of hydrogen-bond donors (Lipinski definition) is 1. The molecule has 0 saturated heterocycles. The molecule has 1 fully saturated rings. The maximum Gasteiger partial charge on any atom is 0.258 e. The molecule has 5 nitrogen and oxygen atoms in total. The lowest BCUT2D eigenvalue weighted by molar-refractivity contribution is 0.102. The van der Waals surface area contributed by atoms with E-state index in [2.05, 4.69) is 15.0 Å². The third-order valence-corrected chi connectivity index (χ3v) is 4.79. The Morgan fingerprint density at radius 2 is 1.85 bits per heavy atom. The summed E-state index contributed by atoms with van der Waals surface area (Å²) in [6, 6.07) is 10.3. The highest BCUT2D eigenvalue weighted by molar-refractivity contribution is 6.05. The van der Waals surface area contributed by atoms with Gasteiger partial charge in [0.1, 0.15) is 11.6 Å². The molecule has 2 aromatic heterocycles. The Hall–Kier alpha value is -2.89. The number of nitrogens with zero attached hydrogens (tertiary/aromatic N) is 3. The van der Waals surface area contributed by atoms with Crippen molar-refractivity contribution in [2.24, 2.45) is 0 Å². The third-order valence-electron chi connectivity index (χ3n) is 4.79. The first kappa shape index (κ1) is 16.6. The Bertz CT molecular complexity index is 980. The van der Waals surface area contributed by atoms with E-state index in [1.807, 2.05) is 26.8 Å². The summed E-state index contributed by atoms with van der Waals surface area (Å²) < 4.78 is 17.1. The number of carbonyl (C=O) groups excluding carboxylic acids is 1. The highest BCUT2D eigenvalue weighted by atomic mass is 19.1. The van der Waals surface area contributed by atoms with Crippen LogP contribution < -0.4 is 5.32 Å². The average molecular weight is 352 g/mol. The number of hydrogen-bond acceptors (Lipinski definition) is 2. The number of halogens is 1. The van der Waals surface area contributed by atoms with Crippen LogP contribution in [0.3, 0.4) is 0 Å². The third kappa shape index (κ3) is 2.92. The summed E-state index contributed by atoms with van der Waals surface area (Å²) in [5.74, 6) is 0.0966. The molecule has 1 N–H and O–H groups in total. The van der Waals surface area contributed by atoms with Crippen LogP contribution in [-0.4, -0.2) is 20.3 Å². The van der Waals surface area contributed by atoms with E-state index in [9.17, 15) is 9.18 Å². The molecule has 0 spiro atoms. The summed E-state index contributed by atoms with van der Waals surface area (Å²) in [5.41, 5.74) is 4.25. The standard InChI is InChI=1S/C20H21FN4O/c1-12-10-19(25(23-12)17-6-4-15(21)5-7-17)22-20(26)18-11-13(2)24(14(18)3)16-8-9-16/h4-7,10-11,16H,8-9H2,1-3H3,(H,22,26). The van der Waals surface area contributed by atoms with Gasteiger partial charge in [0.15, 0.2) is 0 Å². The lowest BCUT2D eigenvalue weighted by atomic mass is 10.2. The van der Waals surface area contributed by atoms with E-state index < -0.39 is 0 Å². The van der Waals surface area contributed by atoms with Gasteiger partial charge < -0.3 is 9.88 Å². The van der Waals surface area contributed by atoms with Gasteiger partial charge in [0.2, 0.25) is 0 Å².